The molecule has 0 spiro atoms. The van der Waals surface area contributed by atoms with Gasteiger partial charge in [-0.25, -0.2) is 9.53 Å². The van der Waals surface area contributed by atoms with Gasteiger partial charge in [0.05, 0.1) is 40.1 Å². The van der Waals surface area contributed by atoms with Crippen LogP contribution in [-0.2, 0) is 17.3 Å². The number of nitrogens with zero attached hydrogens (tertiary/aromatic N) is 5. The molecule has 0 amide bonds. The summed E-state index contributed by atoms with van der Waals surface area (Å²) in [5.74, 6) is -0.355. The lowest BCUT2D eigenvalue weighted by Gasteiger charge is -2.11. The van der Waals surface area contributed by atoms with Crippen molar-refractivity contribution in [3.05, 3.63) is 89.4 Å². The van der Waals surface area contributed by atoms with Gasteiger partial charge in [0.15, 0.2) is 0 Å². The summed E-state index contributed by atoms with van der Waals surface area (Å²) in [6, 6.07) is 19.0. The van der Waals surface area contributed by atoms with E-state index in [-0.39, 0.29) is 11.4 Å². The Morgan fingerprint density at radius 1 is 1.09 bits per heavy atom. The number of hydrogen-bond donors (Lipinski definition) is 1. The quantitative estimate of drug-likeness (QED) is 0.419. The molecule has 0 atom stereocenters. The maximum Gasteiger partial charge on any atom is 0.320 e. The van der Waals surface area contributed by atoms with Crippen molar-refractivity contribution < 1.29 is 12.8 Å². The van der Waals surface area contributed by atoms with Crippen LogP contribution in [0, 0.1) is 24.1 Å². The molecule has 0 saturated carbocycles. The molecule has 0 bridgehead atoms. The second-order valence-corrected chi connectivity index (χ2v) is 9.36. The van der Waals surface area contributed by atoms with Crippen molar-refractivity contribution in [2.24, 2.45) is 16.6 Å². The molecule has 2 aromatic heterocycles. The maximum atomic E-state index is 13.9. The standard InChI is InChI=1S/C25H19FN6O2S/c1-15-6-7-16(13-27)10-22(15)32-24-20-12-18(17-4-3-5-19(26)11-17)8-9-21(20)29-14-23(24)31(2)25(32)30-35(28,33)34/h3-12,14H,1-2H3,(H2,28,33,34)/b30-25+. The van der Waals surface area contributed by atoms with Gasteiger partial charge in [-0.3, -0.25) is 9.55 Å². The van der Waals surface area contributed by atoms with Gasteiger partial charge in [0.2, 0.25) is 5.62 Å². The van der Waals surface area contributed by atoms with E-state index in [2.05, 4.69) is 15.5 Å². The highest BCUT2D eigenvalue weighted by molar-refractivity contribution is 7.87. The fourth-order valence-electron chi connectivity index (χ4n) is 4.22. The molecule has 0 aliphatic carbocycles. The minimum Gasteiger partial charge on any atom is -0.311 e. The molecule has 0 saturated heterocycles. The average molecular weight is 487 g/mol. The van der Waals surface area contributed by atoms with E-state index in [1.165, 1.54) is 12.1 Å². The third kappa shape index (κ3) is 3.97. The van der Waals surface area contributed by atoms with E-state index in [9.17, 15) is 18.1 Å². The lowest BCUT2D eigenvalue weighted by atomic mass is 10.0. The van der Waals surface area contributed by atoms with E-state index in [1.807, 2.05) is 25.1 Å². The first-order chi connectivity index (χ1) is 16.7. The SMILES string of the molecule is Cc1ccc(C#N)cc1-n1/c(=N/S(N)(=O)=O)n(C)c2cnc3ccc(-c4cccc(F)c4)cc3c21. The van der Waals surface area contributed by atoms with Crippen LogP contribution in [-0.4, -0.2) is 22.5 Å². The third-order valence-corrected chi connectivity index (χ3v) is 6.27. The molecule has 8 nitrogen and oxygen atoms in total. The molecule has 35 heavy (non-hydrogen) atoms. The van der Waals surface area contributed by atoms with E-state index in [1.54, 1.807) is 52.7 Å². The van der Waals surface area contributed by atoms with Crippen molar-refractivity contribution in [3.63, 3.8) is 0 Å². The highest BCUT2D eigenvalue weighted by Gasteiger charge is 2.19. The fraction of sp³-hybridized carbons (Fsp3) is 0.0800. The van der Waals surface area contributed by atoms with Gasteiger partial charge in [0.1, 0.15) is 5.82 Å². The summed E-state index contributed by atoms with van der Waals surface area (Å²) in [6.07, 6.45) is 1.63. The zero-order valence-corrected chi connectivity index (χ0v) is 19.6. The van der Waals surface area contributed by atoms with Crippen molar-refractivity contribution in [3.8, 4) is 22.9 Å². The minimum atomic E-state index is -4.26. The van der Waals surface area contributed by atoms with E-state index in [4.69, 9.17) is 5.14 Å². The third-order valence-electron chi connectivity index (χ3n) is 5.85. The largest absolute Gasteiger partial charge is 0.320 e. The van der Waals surface area contributed by atoms with Gasteiger partial charge in [0, 0.05) is 12.4 Å². The van der Waals surface area contributed by atoms with Gasteiger partial charge in [0.25, 0.3) is 0 Å². The fourth-order valence-corrected chi connectivity index (χ4v) is 4.65. The number of imidazole rings is 1. The number of hydrogen-bond acceptors (Lipinski definition) is 4. The number of nitrogens with two attached hydrogens (primary N) is 1. The molecular weight excluding hydrogens is 467 g/mol. The summed E-state index contributed by atoms with van der Waals surface area (Å²) in [4.78, 5) is 4.54. The van der Waals surface area contributed by atoms with Crippen LogP contribution in [0.25, 0.3) is 38.8 Å². The zero-order valence-electron chi connectivity index (χ0n) is 18.8. The van der Waals surface area contributed by atoms with Crippen LogP contribution in [0.3, 0.4) is 0 Å². The van der Waals surface area contributed by atoms with Crippen LogP contribution < -0.4 is 10.8 Å². The van der Waals surface area contributed by atoms with Crippen molar-refractivity contribution in [2.45, 2.75) is 6.92 Å². The van der Waals surface area contributed by atoms with Gasteiger partial charge in [-0.05, 0) is 60.0 Å². The number of fused-ring (bicyclic) bond motifs is 3. The summed E-state index contributed by atoms with van der Waals surface area (Å²) in [5.41, 5.74) is 5.11. The Bertz CT molecular complexity index is 1880. The minimum absolute atomic E-state index is 0.0474. The van der Waals surface area contributed by atoms with Crippen LogP contribution in [0.5, 0.6) is 0 Å². The second-order valence-electron chi connectivity index (χ2n) is 8.15. The van der Waals surface area contributed by atoms with Crippen LogP contribution in [0.15, 0.2) is 71.3 Å². The number of halogens is 1. The Hall–Kier alpha value is -4.33. The monoisotopic (exact) mass is 486 g/mol. The van der Waals surface area contributed by atoms with Crippen molar-refractivity contribution in [1.29, 1.82) is 5.26 Å². The molecular formula is C25H19FN6O2S. The average Bonchev–Trinajstić information content (AvgIpc) is 3.09. The first-order valence-electron chi connectivity index (χ1n) is 10.5. The van der Waals surface area contributed by atoms with Crippen LogP contribution >= 0.6 is 0 Å². The van der Waals surface area contributed by atoms with Crippen LogP contribution in [0.4, 0.5) is 4.39 Å². The number of aryl methyl sites for hydroxylation is 2. The summed E-state index contributed by atoms with van der Waals surface area (Å²) in [5, 5.41) is 15.5. The van der Waals surface area contributed by atoms with Gasteiger partial charge in [-0.15, -0.1) is 4.40 Å². The molecule has 0 aliphatic rings. The first kappa shape index (κ1) is 22.5. The van der Waals surface area contributed by atoms with Gasteiger partial charge >= 0.3 is 10.2 Å². The molecule has 0 unspecified atom stereocenters. The molecule has 2 N–H and O–H groups in total. The zero-order chi connectivity index (χ0) is 24.9. The van der Waals surface area contributed by atoms with E-state index in [0.717, 1.165) is 11.1 Å². The van der Waals surface area contributed by atoms with Crippen molar-refractivity contribution >= 4 is 32.1 Å². The molecule has 174 valence electrons. The summed E-state index contributed by atoms with van der Waals surface area (Å²) >= 11 is 0. The predicted octanol–water partition coefficient (Wildman–Crippen LogP) is 3.61. The Balaban J connectivity index is 1.99. The highest BCUT2D eigenvalue weighted by atomic mass is 32.2. The number of pyridine rings is 1. The Kier molecular flexibility index (Phi) is 5.24. The topological polar surface area (TPSA) is 119 Å². The smallest absolute Gasteiger partial charge is 0.311 e. The Morgan fingerprint density at radius 3 is 2.57 bits per heavy atom. The highest BCUT2D eigenvalue weighted by Crippen LogP contribution is 2.31. The predicted molar refractivity (Wildman–Crippen MR) is 131 cm³/mol. The molecule has 0 aliphatic heterocycles. The summed E-state index contributed by atoms with van der Waals surface area (Å²) in [7, 11) is -2.60. The summed E-state index contributed by atoms with van der Waals surface area (Å²) < 4.78 is 45.0. The van der Waals surface area contributed by atoms with E-state index >= 15 is 0 Å². The first-order valence-corrected chi connectivity index (χ1v) is 12.0. The number of rotatable bonds is 3. The lowest BCUT2D eigenvalue weighted by Crippen LogP contribution is -2.27. The number of benzene rings is 3. The Morgan fingerprint density at radius 2 is 1.86 bits per heavy atom. The van der Waals surface area contributed by atoms with Crippen molar-refractivity contribution in [2.75, 3.05) is 0 Å². The molecule has 5 aromatic rings. The van der Waals surface area contributed by atoms with Gasteiger partial charge in [-0.2, -0.15) is 13.7 Å². The second kappa shape index (κ2) is 8.16. The number of aromatic nitrogens is 3. The van der Waals surface area contributed by atoms with Gasteiger partial charge < -0.3 is 4.57 Å². The van der Waals surface area contributed by atoms with Gasteiger partial charge in [-0.1, -0.05) is 24.3 Å². The normalized spacial score (nSPS) is 12.4. The van der Waals surface area contributed by atoms with E-state index in [0.29, 0.717) is 38.8 Å². The molecule has 5 rings (SSSR count). The maximum absolute atomic E-state index is 13.9. The number of nitriles is 1. The van der Waals surface area contributed by atoms with Crippen LogP contribution in [0.1, 0.15) is 11.1 Å². The molecule has 2 heterocycles. The Labute approximate surface area is 200 Å². The molecule has 0 radical (unpaired) electrons. The van der Waals surface area contributed by atoms with Crippen LogP contribution in [0.2, 0.25) is 0 Å². The summed E-state index contributed by atoms with van der Waals surface area (Å²) in [6.45, 7) is 1.85. The molecule has 0 fully saturated rings. The molecule has 3 aromatic carbocycles. The van der Waals surface area contributed by atoms with E-state index < -0.39 is 10.2 Å². The van der Waals surface area contributed by atoms with Crippen molar-refractivity contribution in [1.82, 2.24) is 14.1 Å². The lowest BCUT2D eigenvalue weighted by molar-refractivity contribution is 0.596. The molecule has 10 heteroatoms.